The summed E-state index contributed by atoms with van der Waals surface area (Å²) in [6.07, 6.45) is 0.307. The van der Waals surface area contributed by atoms with Crippen molar-refractivity contribution in [3.63, 3.8) is 0 Å². The number of benzene rings is 2. The number of fused-ring (bicyclic) bond motifs is 1. The van der Waals surface area contributed by atoms with Gasteiger partial charge in [-0.3, -0.25) is 4.79 Å². The summed E-state index contributed by atoms with van der Waals surface area (Å²) in [5.41, 5.74) is 2.81. The van der Waals surface area contributed by atoms with Crippen LogP contribution in [0.1, 0.15) is 29.9 Å². The second kappa shape index (κ2) is 6.79. The SMILES string of the molecule is COc1cc(CC(=O)N[C@@H](C)c2cc3ccccc3o2)ccc1C. The van der Waals surface area contributed by atoms with Gasteiger partial charge < -0.3 is 14.5 Å². The maximum atomic E-state index is 12.3. The predicted octanol–water partition coefficient (Wildman–Crippen LogP) is 4.17. The Balaban J connectivity index is 1.67. The fraction of sp³-hybridized carbons (Fsp3) is 0.250. The Bertz CT molecular complexity index is 833. The Morgan fingerprint density at radius 1 is 1.21 bits per heavy atom. The Morgan fingerprint density at radius 3 is 2.75 bits per heavy atom. The number of hydrogen-bond acceptors (Lipinski definition) is 3. The molecule has 1 heterocycles. The van der Waals surface area contributed by atoms with E-state index < -0.39 is 0 Å². The lowest BCUT2D eigenvalue weighted by atomic mass is 10.1. The van der Waals surface area contributed by atoms with Crippen molar-refractivity contribution in [2.75, 3.05) is 7.11 Å². The van der Waals surface area contributed by atoms with Crippen LogP contribution in [0.3, 0.4) is 0 Å². The molecule has 0 bridgehead atoms. The van der Waals surface area contributed by atoms with Crippen LogP contribution >= 0.6 is 0 Å². The zero-order valence-corrected chi connectivity index (χ0v) is 14.1. The zero-order chi connectivity index (χ0) is 17.1. The van der Waals surface area contributed by atoms with Gasteiger partial charge in [-0.15, -0.1) is 0 Å². The minimum atomic E-state index is -0.183. The lowest BCUT2D eigenvalue weighted by Crippen LogP contribution is -2.27. The van der Waals surface area contributed by atoms with Crippen LogP contribution in [0.2, 0.25) is 0 Å². The standard InChI is InChI=1S/C20H21NO3/c1-13-8-9-15(10-18(13)23-3)11-20(22)21-14(2)19-12-16-6-4-5-7-17(16)24-19/h4-10,12,14H,11H2,1-3H3,(H,21,22)/t14-/m0/s1. The van der Waals surface area contributed by atoms with Crippen LogP contribution in [0.25, 0.3) is 11.0 Å². The van der Waals surface area contributed by atoms with Gasteiger partial charge in [-0.1, -0.05) is 30.3 Å². The van der Waals surface area contributed by atoms with E-state index in [1.807, 2.05) is 62.4 Å². The second-order valence-corrected chi connectivity index (χ2v) is 5.96. The monoisotopic (exact) mass is 323 g/mol. The number of carbonyl (C=O) groups is 1. The molecule has 1 N–H and O–H groups in total. The lowest BCUT2D eigenvalue weighted by molar-refractivity contribution is -0.121. The van der Waals surface area contributed by atoms with E-state index in [0.717, 1.165) is 33.6 Å². The van der Waals surface area contributed by atoms with Crippen LogP contribution in [-0.2, 0) is 11.2 Å². The molecule has 0 aliphatic heterocycles. The van der Waals surface area contributed by atoms with Gasteiger partial charge in [0.15, 0.2) is 0 Å². The molecule has 1 aromatic heterocycles. The molecule has 4 heteroatoms. The first-order chi connectivity index (χ1) is 11.6. The Kier molecular flexibility index (Phi) is 4.56. The van der Waals surface area contributed by atoms with Gasteiger partial charge >= 0.3 is 0 Å². The van der Waals surface area contributed by atoms with E-state index in [0.29, 0.717) is 6.42 Å². The highest BCUT2D eigenvalue weighted by atomic mass is 16.5. The van der Waals surface area contributed by atoms with E-state index in [4.69, 9.17) is 9.15 Å². The maximum absolute atomic E-state index is 12.3. The quantitative estimate of drug-likeness (QED) is 0.766. The highest BCUT2D eigenvalue weighted by molar-refractivity contribution is 5.80. The van der Waals surface area contributed by atoms with Gasteiger partial charge in [0.05, 0.1) is 19.6 Å². The van der Waals surface area contributed by atoms with Gasteiger partial charge in [0, 0.05) is 5.39 Å². The number of furan rings is 1. The largest absolute Gasteiger partial charge is 0.496 e. The summed E-state index contributed by atoms with van der Waals surface area (Å²) < 4.78 is 11.1. The second-order valence-electron chi connectivity index (χ2n) is 5.96. The van der Waals surface area contributed by atoms with E-state index in [-0.39, 0.29) is 11.9 Å². The summed E-state index contributed by atoms with van der Waals surface area (Å²) in [6, 6.07) is 15.4. The van der Waals surface area contributed by atoms with Gasteiger partial charge in [0.2, 0.25) is 5.91 Å². The number of ether oxygens (including phenoxy) is 1. The molecule has 0 aliphatic carbocycles. The molecule has 1 atom stereocenters. The molecule has 0 radical (unpaired) electrons. The summed E-state index contributed by atoms with van der Waals surface area (Å²) in [6.45, 7) is 3.90. The minimum Gasteiger partial charge on any atom is -0.496 e. The molecule has 0 unspecified atom stereocenters. The van der Waals surface area contributed by atoms with Crippen LogP contribution in [0.15, 0.2) is 52.9 Å². The molecule has 3 rings (SSSR count). The number of rotatable bonds is 5. The van der Waals surface area contributed by atoms with Crippen molar-refractivity contribution in [2.24, 2.45) is 0 Å². The third-order valence-corrected chi connectivity index (χ3v) is 4.09. The molecule has 24 heavy (non-hydrogen) atoms. The smallest absolute Gasteiger partial charge is 0.225 e. The van der Waals surface area contributed by atoms with E-state index in [2.05, 4.69) is 5.32 Å². The highest BCUT2D eigenvalue weighted by Gasteiger charge is 2.14. The normalized spacial score (nSPS) is 12.1. The van der Waals surface area contributed by atoms with Crippen LogP contribution in [0.4, 0.5) is 0 Å². The summed E-state index contributed by atoms with van der Waals surface area (Å²) in [4.78, 5) is 12.3. The number of methoxy groups -OCH3 is 1. The topological polar surface area (TPSA) is 51.5 Å². The Labute approximate surface area is 141 Å². The van der Waals surface area contributed by atoms with E-state index in [9.17, 15) is 4.79 Å². The van der Waals surface area contributed by atoms with Crippen molar-refractivity contribution in [2.45, 2.75) is 26.3 Å². The van der Waals surface area contributed by atoms with E-state index >= 15 is 0 Å². The first-order valence-corrected chi connectivity index (χ1v) is 7.98. The molecule has 1 amide bonds. The molecule has 4 nitrogen and oxygen atoms in total. The summed E-state index contributed by atoms with van der Waals surface area (Å²) in [7, 11) is 1.63. The fourth-order valence-corrected chi connectivity index (χ4v) is 2.74. The molecule has 0 spiro atoms. The molecule has 0 fully saturated rings. The number of amides is 1. The number of hydrogen-bond donors (Lipinski definition) is 1. The number of para-hydroxylation sites is 1. The molecular formula is C20H21NO3. The number of aryl methyl sites for hydroxylation is 1. The third kappa shape index (κ3) is 3.43. The molecule has 0 saturated carbocycles. The van der Waals surface area contributed by atoms with Crippen molar-refractivity contribution >= 4 is 16.9 Å². The Hall–Kier alpha value is -2.75. The molecule has 0 aliphatic rings. The van der Waals surface area contributed by atoms with Gasteiger partial charge in [-0.05, 0) is 43.2 Å². The minimum absolute atomic E-state index is 0.0473. The first-order valence-electron chi connectivity index (χ1n) is 7.98. The van der Waals surface area contributed by atoms with Crippen LogP contribution in [0.5, 0.6) is 5.75 Å². The summed E-state index contributed by atoms with van der Waals surface area (Å²) >= 11 is 0. The molecule has 0 saturated heterocycles. The number of carbonyl (C=O) groups excluding carboxylic acids is 1. The van der Waals surface area contributed by atoms with Crippen molar-refractivity contribution in [1.29, 1.82) is 0 Å². The molecule has 124 valence electrons. The van der Waals surface area contributed by atoms with E-state index in [1.165, 1.54) is 0 Å². The van der Waals surface area contributed by atoms with Crippen molar-refractivity contribution in [1.82, 2.24) is 5.32 Å². The maximum Gasteiger partial charge on any atom is 0.225 e. The van der Waals surface area contributed by atoms with Crippen LogP contribution < -0.4 is 10.1 Å². The van der Waals surface area contributed by atoms with E-state index in [1.54, 1.807) is 7.11 Å². The zero-order valence-electron chi connectivity index (χ0n) is 14.1. The van der Waals surface area contributed by atoms with Gasteiger partial charge in [-0.2, -0.15) is 0 Å². The average molecular weight is 323 g/mol. The third-order valence-electron chi connectivity index (χ3n) is 4.09. The molecule has 2 aromatic carbocycles. The van der Waals surface area contributed by atoms with Crippen molar-refractivity contribution in [3.05, 3.63) is 65.4 Å². The fourth-order valence-electron chi connectivity index (χ4n) is 2.74. The lowest BCUT2D eigenvalue weighted by Gasteiger charge is -2.12. The number of nitrogens with one attached hydrogen (secondary N) is 1. The molecular weight excluding hydrogens is 302 g/mol. The van der Waals surface area contributed by atoms with Crippen molar-refractivity contribution in [3.8, 4) is 5.75 Å². The van der Waals surface area contributed by atoms with Crippen LogP contribution in [0, 0.1) is 6.92 Å². The summed E-state index contributed by atoms with van der Waals surface area (Å²) in [5.74, 6) is 1.51. The van der Waals surface area contributed by atoms with Gasteiger partial charge in [0.1, 0.15) is 17.1 Å². The summed E-state index contributed by atoms with van der Waals surface area (Å²) in [5, 5.41) is 4.02. The Morgan fingerprint density at radius 2 is 2.00 bits per heavy atom. The van der Waals surface area contributed by atoms with Gasteiger partial charge in [0.25, 0.3) is 0 Å². The molecule has 3 aromatic rings. The van der Waals surface area contributed by atoms with Crippen LogP contribution in [-0.4, -0.2) is 13.0 Å². The van der Waals surface area contributed by atoms with Gasteiger partial charge in [-0.25, -0.2) is 0 Å². The first kappa shape index (κ1) is 16.1. The average Bonchev–Trinajstić information content (AvgIpc) is 3.00. The predicted molar refractivity (Wildman–Crippen MR) is 94.2 cm³/mol. The van der Waals surface area contributed by atoms with Crippen molar-refractivity contribution < 1.29 is 13.9 Å². The highest BCUT2D eigenvalue weighted by Crippen LogP contribution is 2.24.